The highest BCUT2D eigenvalue weighted by molar-refractivity contribution is 6.31. The maximum absolute atomic E-state index is 6.07. The molecule has 1 fully saturated rings. The Balaban J connectivity index is 1.30. The van der Waals surface area contributed by atoms with Gasteiger partial charge in [0.2, 0.25) is 0 Å². The van der Waals surface area contributed by atoms with Crippen molar-refractivity contribution in [1.29, 1.82) is 0 Å². The van der Waals surface area contributed by atoms with Crippen LogP contribution in [0.4, 0.5) is 0 Å². The second-order valence-electron chi connectivity index (χ2n) is 8.44. The first-order valence-corrected chi connectivity index (χ1v) is 11.3. The first kappa shape index (κ1) is 19.9. The summed E-state index contributed by atoms with van der Waals surface area (Å²) in [6, 6.07) is 14.3. The van der Waals surface area contributed by atoms with Crippen LogP contribution in [0.25, 0.3) is 38.9 Å². The zero-order chi connectivity index (χ0) is 22.2. The fourth-order valence-corrected chi connectivity index (χ4v) is 4.42. The number of aromatic nitrogens is 5. The summed E-state index contributed by atoms with van der Waals surface area (Å²) in [6.07, 6.45) is 9.78. The monoisotopic (exact) mass is 434 g/mol. The normalized spacial score (nSPS) is 14.7. The number of pyridine rings is 2. The first-order valence-electron chi connectivity index (χ1n) is 11.3. The van der Waals surface area contributed by atoms with Crippen LogP contribution in [0, 0.1) is 0 Å². The summed E-state index contributed by atoms with van der Waals surface area (Å²) in [7, 11) is 2.00. The van der Waals surface area contributed by atoms with Gasteiger partial charge in [-0.3, -0.25) is 9.97 Å². The molecule has 0 atom stereocenters. The quantitative estimate of drug-likeness (QED) is 0.438. The Labute approximate surface area is 192 Å². The maximum Gasteiger partial charge on any atom is 0.163 e. The lowest BCUT2D eigenvalue weighted by Gasteiger charge is -2.23. The van der Waals surface area contributed by atoms with E-state index >= 15 is 0 Å². The average Bonchev–Trinajstić information content (AvgIpc) is 3.28. The van der Waals surface area contributed by atoms with Crippen LogP contribution in [0.2, 0.25) is 0 Å². The second-order valence-corrected chi connectivity index (χ2v) is 8.44. The third-order valence-electron chi connectivity index (χ3n) is 6.14. The van der Waals surface area contributed by atoms with Crippen LogP contribution < -0.4 is 15.6 Å². The number of piperidine rings is 1. The van der Waals surface area contributed by atoms with Gasteiger partial charge in [0.25, 0.3) is 0 Å². The molecular formula is C25H23BN6O. The summed E-state index contributed by atoms with van der Waals surface area (Å²) >= 11 is 0. The molecule has 0 unspecified atom stereocenters. The van der Waals surface area contributed by atoms with E-state index in [1.807, 2.05) is 61.3 Å². The van der Waals surface area contributed by atoms with E-state index in [2.05, 4.69) is 32.5 Å². The van der Waals surface area contributed by atoms with Crippen molar-refractivity contribution in [2.75, 3.05) is 13.1 Å². The van der Waals surface area contributed by atoms with E-state index in [9.17, 15) is 0 Å². The topological polar surface area (TPSA) is 77.2 Å². The van der Waals surface area contributed by atoms with E-state index < -0.39 is 0 Å². The number of fused-ring (bicyclic) bond motifs is 2. The molecule has 0 bridgehead atoms. The minimum Gasteiger partial charge on any atom is -0.489 e. The molecule has 162 valence electrons. The van der Waals surface area contributed by atoms with Crippen molar-refractivity contribution in [2.45, 2.75) is 18.9 Å². The van der Waals surface area contributed by atoms with Crippen LogP contribution in [-0.4, -0.2) is 51.6 Å². The molecule has 7 nitrogen and oxygen atoms in total. The minimum atomic E-state index is 0.257. The Morgan fingerprint density at radius 1 is 0.939 bits per heavy atom. The largest absolute Gasteiger partial charge is 0.489 e. The molecule has 6 rings (SSSR count). The number of rotatable bonds is 4. The lowest BCUT2D eigenvalue weighted by Crippen LogP contribution is -2.34. The Kier molecular flexibility index (Phi) is 5.00. The Hall–Kier alpha value is -3.78. The summed E-state index contributed by atoms with van der Waals surface area (Å²) in [4.78, 5) is 14.0. The fourth-order valence-electron chi connectivity index (χ4n) is 4.42. The first-order chi connectivity index (χ1) is 16.2. The van der Waals surface area contributed by atoms with Crippen molar-refractivity contribution in [3.63, 3.8) is 0 Å². The Morgan fingerprint density at radius 2 is 1.85 bits per heavy atom. The average molecular weight is 434 g/mol. The third-order valence-corrected chi connectivity index (χ3v) is 6.14. The molecule has 1 N–H and O–H groups in total. The summed E-state index contributed by atoms with van der Waals surface area (Å²) in [6.45, 7) is 2.01. The highest BCUT2D eigenvalue weighted by Gasteiger charge is 2.15. The van der Waals surface area contributed by atoms with Gasteiger partial charge in [-0.05, 0) is 55.3 Å². The van der Waals surface area contributed by atoms with E-state index in [-0.39, 0.29) is 6.10 Å². The summed E-state index contributed by atoms with van der Waals surface area (Å²) < 4.78 is 7.88. The van der Waals surface area contributed by atoms with Crippen molar-refractivity contribution in [3.05, 3.63) is 67.3 Å². The van der Waals surface area contributed by atoms with E-state index in [1.54, 1.807) is 6.20 Å². The standard InChI is InChI=1S/C25H23BN6O/c26-24-7-5-20-19(2-1-3-23(20)31-24)21-14-30-32-15-16(12-29-25(21)32)22-6-4-18(13-28-22)33-17-8-10-27-11-9-17/h1-7,12-15,17,27H,8-11,26H2. The van der Waals surface area contributed by atoms with Crippen LogP contribution in [0.5, 0.6) is 5.75 Å². The zero-order valence-corrected chi connectivity index (χ0v) is 18.4. The molecule has 0 aliphatic carbocycles. The number of nitrogens with zero attached hydrogens (tertiary/aromatic N) is 5. The van der Waals surface area contributed by atoms with Crippen LogP contribution >= 0.6 is 0 Å². The van der Waals surface area contributed by atoms with Crippen molar-refractivity contribution in [3.8, 4) is 28.1 Å². The Bertz CT molecular complexity index is 1440. The van der Waals surface area contributed by atoms with Gasteiger partial charge in [-0.25, -0.2) is 9.50 Å². The van der Waals surface area contributed by atoms with Gasteiger partial charge in [-0.1, -0.05) is 24.3 Å². The van der Waals surface area contributed by atoms with Gasteiger partial charge in [0.1, 0.15) is 11.9 Å². The highest BCUT2D eigenvalue weighted by atomic mass is 16.5. The number of ether oxygens (including phenoxy) is 1. The smallest absolute Gasteiger partial charge is 0.163 e. The number of hydrogen-bond donors (Lipinski definition) is 1. The molecule has 1 aromatic carbocycles. The van der Waals surface area contributed by atoms with Crippen LogP contribution in [-0.2, 0) is 0 Å². The molecule has 1 saturated heterocycles. The predicted octanol–water partition coefficient (Wildman–Crippen LogP) is 2.40. The van der Waals surface area contributed by atoms with Crippen molar-refractivity contribution in [1.82, 2.24) is 29.9 Å². The zero-order valence-electron chi connectivity index (χ0n) is 18.4. The lowest BCUT2D eigenvalue weighted by atomic mass is 9.99. The summed E-state index contributed by atoms with van der Waals surface area (Å²) in [5, 5.41) is 9.02. The number of hydrogen-bond acceptors (Lipinski definition) is 6. The van der Waals surface area contributed by atoms with Crippen LogP contribution in [0.1, 0.15) is 12.8 Å². The molecule has 5 heterocycles. The van der Waals surface area contributed by atoms with Gasteiger partial charge >= 0.3 is 0 Å². The van der Waals surface area contributed by atoms with Gasteiger partial charge in [-0.2, -0.15) is 5.10 Å². The molecule has 0 radical (unpaired) electrons. The van der Waals surface area contributed by atoms with E-state index in [0.29, 0.717) is 0 Å². The number of benzene rings is 1. The predicted molar refractivity (Wildman–Crippen MR) is 132 cm³/mol. The summed E-state index contributed by atoms with van der Waals surface area (Å²) in [5.74, 6) is 0.806. The molecule has 4 aromatic heterocycles. The third kappa shape index (κ3) is 3.83. The summed E-state index contributed by atoms with van der Waals surface area (Å²) in [5.41, 5.74) is 6.58. The molecule has 1 aliphatic heterocycles. The van der Waals surface area contributed by atoms with Crippen molar-refractivity contribution in [2.24, 2.45) is 0 Å². The highest BCUT2D eigenvalue weighted by Crippen LogP contribution is 2.30. The van der Waals surface area contributed by atoms with Crippen molar-refractivity contribution >= 4 is 30.0 Å². The molecule has 0 amide bonds. The Morgan fingerprint density at radius 3 is 2.70 bits per heavy atom. The lowest BCUT2D eigenvalue weighted by molar-refractivity contribution is 0.162. The van der Waals surface area contributed by atoms with Crippen molar-refractivity contribution < 1.29 is 4.74 Å². The fraction of sp³-hybridized carbons (Fsp3) is 0.200. The van der Waals surface area contributed by atoms with E-state index in [4.69, 9.17) is 9.72 Å². The van der Waals surface area contributed by atoms with Crippen LogP contribution in [0.15, 0.2) is 67.3 Å². The second kappa shape index (κ2) is 8.29. The molecule has 1 aliphatic rings. The molecule has 33 heavy (non-hydrogen) atoms. The molecule has 0 spiro atoms. The molecule has 8 heteroatoms. The molecule has 0 saturated carbocycles. The minimum absolute atomic E-state index is 0.257. The van der Waals surface area contributed by atoms with E-state index in [0.717, 1.165) is 76.2 Å². The molecular weight excluding hydrogens is 411 g/mol. The van der Waals surface area contributed by atoms with Gasteiger partial charge < -0.3 is 10.1 Å². The van der Waals surface area contributed by atoms with E-state index in [1.165, 1.54) is 0 Å². The van der Waals surface area contributed by atoms with Crippen LogP contribution in [0.3, 0.4) is 0 Å². The molecule has 5 aromatic rings. The maximum atomic E-state index is 6.07. The SMILES string of the molecule is Bc1ccc2c(-c3cnn4cc(-c5ccc(OC6CCNCC6)cn5)cnc34)cccc2n1. The van der Waals surface area contributed by atoms with Gasteiger partial charge in [-0.15, -0.1) is 0 Å². The van der Waals surface area contributed by atoms with Gasteiger partial charge in [0.05, 0.1) is 23.6 Å². The van der Waals surface area contributed by atoms with Gasteiger partial charge in [0, 0.05) is 28.9 Å². The number of nitrogens with one attached hydrogen (secondary N) is 1. The van der Waals surface area contributed by atoms with Gasteiger partial charge in [0.15, 0.2) is 13.5 Å².